The predicted molar refractivity (Wildman–Crippen MR) is 58.9 cm³/mol. The zero-order valence-electron chi connectivity index (χ0n) is 9.25. The first-order valence-corrected chi connectivity index (χ1v) is 5.33. The van der Waals surface area contributed by atoms with Crippen molar-refractivity contribution >= 4 is 6.29 Å². The number of aldehydes is 1. The molecule has 15 heavy (non-hydrogen) atoms. The number of methoxy groups -OCH3 is 1. The molecule has 0 saturated carbocycles. The molecule has 0 aromatic heterocycles. The highest BCUT2D eigenvalue weighted by atomic mass is 16.5. The topological polar surface area (TPSA) is 26.3 Å². The van der Waals surface area contributed by atoms with E-state index in [2.05, 4.69) is 18.2 Å². The van der Waals surface area contributed by atoms with Crippen LogP contribution in [0.1, 0.15) is 29.5 Å². The summed E-state index contributed by atoms with van der Waals surface area (Å²) in [5, 5.41) is 0. The summed E-state index contributed by atoms with van der Waals surface area (Å²) in [5.41, 5.74) is 2.80. The first-order valence-electron chi connectivity index (χ1n) is 5.33. The fraction of sp³-hybridized carbons (Fsp3) is 0.462. The smallest absolute Gasteiger partial charge is 0.156 e. The minimum Gasteiger partial charge on any atom is -0.366 e. The first-order chi connectivity index (χ1) is 7.22. The quantitative estimate of drug-likeness (QED) is 0.691. The van der Waals surface area contributed by atoms with Gasteiger partial charge in [0.05, 0.1) is 0 Å². The Labute approximate surface area is 90.3 Å². The largest absolute Gasteiger partial charge is 0.366 e. The fourth-order valence-corrected chi connectivity index (χ4v) is 2.36. The van der Waals surface area contributed by atoms with Crippen LogP contribution in [0.25, 0.3) is 0 Å². The molecule has 2 nitrogen and oxygen atoms in total. The summed E-state index contributed by atoms with van der Waals surface area (Å²) in [5.74, 6) is 0. The Kier molecular flexibility index (Phi) is 2.61. The van der Waals surface area contributed by atoms with Crippen molar-refractivity contribution in [2.45, 2.75) is 31.8 Å². The lowest BCUT2D eigenvalue weighted by Gasteiger charge is -2.33. The minimum absolute atomic E-state index is 0.695. The Hall–Kier alpha value is -1.15. The third-order valence-corrected chi connectivity index (χ3v) is 3.27. The summed E-state index contributed by atoms with van der Waals surface area (Å²) < 4.78 is 5.44. The van der Waals surface area contributed by atoms with Crippen molar-refractivity contribution in [2.24, 2.45) is 0 Å². The lowest BCUT2D eigenvalue weighted by atomic mass is 9.79. The van der Waals surface area contributed by atoms with E-state index in [0.717, 1.165) is 31.1 Å². The SMILES string of the molecule is COC1(C=O)CCCc2ccc(C)cc21. The second kappa shape index (κ2) is 3.78. The maximum Gasteiger partial charge on any atom is 0.156 e. The van der Waals surface area contributed by atoms with E-state index in [0.29, 0.717) is 0 Å². The molecule has 0 aliphatic heterocycles. The Morgan fingerprint density at radius 1 is 1.47 bits per heavy atom. The fourth-order valence-electron chi connectivity index (χ4n) is 2.36. The maximum atomic E-state index is 11.3. The molecule has 1 atom stereocenters. The van der Waals surface area contributed by atoms with Gasteiger partial charge in [0.1, 0.15) is 5.60 Å². The third kappa shape index (κ3) is 1.59. The maximum absolute atomic E-state index is 11.3. The molecule has 1 aromatic carbocycles. The molecule has 0 spiro atoms. The summed E-state index contributed by atoms with van der Waals surface area (Å²) in [7, 11) is 1.62. The van der Waals surface area contributed by atoms with E-state index in [1.165, 1.54) is 11.1 Å². The molecule has 0 amide bonds. The van der Waals surface area contributed by atoms with Crippen molar-refractivity contribution in [3.63, 3.8) is 0 Å². The molecule has 1 unspecified atom stereocenters. The predicted octanol–water partition coefficient (Wildman–Crippen LogP) is 2.37. The third-order valence-electron chi connectivity index (χ3n) is 3.27. The van der Waals surface area contributed by atoms with Crippen LogP contribution in [0, 0.1) is 6.92 Å². The van der Waals surface area contributed by atoms with Gasteiger partial charge in [-0.15, -0.1) is 0 Å². The normalized spacial score (nSPS) is 24.7. The number of aryl methyl sites for hydroxylation is 2. The van der Waals surface area contributed by atoms with Crippen molar-refractivity contribution in [1.29, 1.82) is 0 Å². The van der Waals surface area contributed by atoms with E-state index >= 15 is 0 Å². The lowest BCUT2D eigenvalue weighted by molar-refractivity contribution is -0.130. The number of benzene rings is 1. The second-order valence-electron chi connectivity index (χ2n) is 4.23. The average molecular weight is 204 g/mol. The number of rotatable bonds is 2. The van der Waals surface area contributed by atoms with Crippen LogP contribution >= 0.6 is 0 Å². The van der Waals surface area contributed by atoms with E-state index in [1.807, 2.05) is 6.92 Å². The van der Waals surface area contributed by atoms with Crippen LogP contribution in [0.4, 0.5) is 0 Å². The Bertz CT molecular complexity index is 384. The van der Waals surface area contributed by atoms with Crippen LogP contribution in [0.5, 0.6) is 0 Å². The van der Waals surface area contributed by atoms with Crippen LogP contribution in [-0.4, -0.2) is 13.4 Å². The van der Waals surface area contributed by atoms with Crippen LogP contribution in [-0.2, 0) is 21.6 Å². The number of hydrogen-bond donors (Lipinski definition) is 0. The van der Waals surface area contributed by atoms with Crippen molar-refractivity contribution in [3.05, 3.63) is 34.9 Å². The standard InChI is InChI=1S/C13H16O2/c1-10-5-6-11-4-3-7-13(9-14,15-2)12(11)8-10/h5-6,8-9H,3-4,7H2,1-2H3. The zero-order valence-corrected chi connectivity index (χ0v) is 9.25. The van der Waals surface area contributed by atoms with Crippen molar-refractivity contribution in [1.82, 2.24) is 0 Å². The molecular weight excluding hydrogens is 188 g/mol. The Morgan fingerprint density at radius 3 is 2.93 bits per heavy atom. The van der Waals surface area contributed by atoms with E-state index in [1.54, 1.807) is 7.11 Å². The average Bonchev–Trinajstić information content (AvgIpc) is 2.28. The van der Waals surface area contributed by atoms with Crippen molar-refractivity contribution in [2.75, 3.05) is 7.11 Å². The van der Waals surface area contributed by atoms with Crippen molar-refractivity contribution < 1.29 is 9.53 Å². The lowest BCUT2D eigenvalue weighted by Crippen LogP contribution is -2.34. The van der Waals surface area contributed by atoms with Gasteiger partial charge >= 0.3 is 0 Å². The van der Waals surface area contributed by atoms with E-state index in [9.17, 15) is 4.79 Å². The molecular formula is C13H16O2. The summed E-state index contributed by atoms with van der Waals surface area (Å²) in [6.07, 6.45) is 3.81. The second-order valence-corrected chi connectivity index (χ2v) is 4.23. The molecule has 0 bridgehead atoms. The molecule has 0 radical (unpaired) electrons. The molecule has 0 fully saturated rings. The molecule has 0 heterocycles. The highest BCUT2D eigenvalue weighted by Crippen LogP contribution is 2.36. The zero-order chi connectivity index (χ0) is 10.9. The van der Waals surface area contributed by atoms with Gasteiger partial charge in [-0.1, -0.05) is 23.8 Å². The summed E-state index contributed by atoms with van der Waals surface area (Å²) in [6, 6.07) is 6.28. The highest BCUT2D eigenvalue weighted by molar-refractivity contribution is 5.68. The molecule has 2 rings (SSSR count). The molecule has 2 heteroatoms. The molecule has 0 N–H and O–H groups in total. The van der Waals surface area contributed by atoms with Crippen LogP contribution in [0.3, 0.4) is 0 Å². The van der Waals surface area contributed by atoms with Gasteiger partial charge in [0.25, 0.3) is 0 Å². The summed E-state index contributed by atoms with van der Waals surface area (Å²) in [6.45, 7) is 2.04. The molecule has 1 aromatic rings. The number of hydrogen-bond acceptors (Lipinski definition) is 2. The number of carbonyl (C=O) groups is 1. The first kappa shape index (κ1) is 10.4. The van der Waals surface area contributed by atoms with Gasteiger partial charge in [0, 0.05) is 7.11 Å². The van der Waals surface area contributed by atoms with Gasteiger partial charge in [-0.25, -0.2) is 0 Å². The van der Waals surface area contributed by atoms with Gasteiger partial charge in [0.2, 0.25) is 0 Å². The Morgan fingerprint density at radius 2 is 2.27 bits per heavy atom. The molecule has 1 aliphatic rings. The van der Waals surface area contributed by atoms with Gasteiger partial charge in [-0.3, -0.25) is 4.79 Å². The van der Waals surface area contributed by atoms with Gasteiger partial charge in [-0.2, -0.15) is 0 Å². The highest BCUT2D eigenvalue weighted by Gasteiger charge is 2.36. The van der Waals surface area contributed by atoms with Crippen LogP contribution < -0.4 is 0 Å². The van der Waals surface area contributed by atoms with Crippen molar-refractivity contribution in [3.8, 4) is 0 Å². The molecule has 0 saturated heterocycles. The number of fused-ring (bicyclic) bond motifs is 1. The number of carbonyl (C=O) groups excluding carboxylic acids is 1. The van der Waals surface area contributed by atoms with Gasteiger partial charge in [0.15, 0.2) is 6.29 Å². The summed E-state index contributed by atoms with van der Waals surface area (Å²) in [4.78, 5) is 11.3. The molecule has 1 aliphatic carbocycles. The summed E-state index contributed by atoms with van der Waals surface area (Å²) >= 11 is 0. The van der Waals surface area contributed by atoms with E-state index in [-0.39, 0.29) is 0 Å². The van der Waals surface area contributed by atoms with Gasteiger partial charge < -0.3 is 4.74 Å². The minimum atomic E-state index is -0.695. The monoisotopic (exact) mass is 204 g/mol. The van der Waals surface area contributed by atoms with Crippen LogP contribution in [0.15, 0.2) is 18.2 Å². The van der Waals surface area contributed by atoms with E-state index < -0.39 is 5.60 Å². The number of ether oxygens (including phenoxy) is 1. The van der Waals surface area contributed by atoms with Crippen LogP contribution in [0.2, 0.25) is 0 Å². The van der Waals surface area contributed by atoms with E-state index in [4.69, 9.17) is 4.74 Å². The van der Waals surface area contributed by atoms with Gasteiger partial charge in [-0.05, 0) is 37.3 Å². The Balaban J connectivity index is 2.57. The molecule has 80 valence electrons.